The van der Waals surface area contributed by atoms with Crippen molar-refractivity contribution in [1.29, 1.82) is 0 Å². The molecule has 1 saturated carbocycles. The fourth-order valence-corrected chi connectivity index (χ4v) is 3.15. The summed E-state index contributed by atoms with van der Waals surface area (Å²) in [6, 6.07) is 11.6. The molecule has 0 radical (unpaired) electrons. The van der Waals surface area contributed by atoms with Gasteiger partial charge in [-0.05, 0) is 49.2 Å². The number of pyridine rings is 1. The lowest BCUT2D eigenvalue weighted by molar-refractivity contribution is 0.0740. The maximum atomic E-state index is 13.1. The SMILES string of the molecule is O=C(NC1CC1)c1cccc(C(=O)N2CCN(c3ccc(F)cc3)CC2)n1. The zero-order chi connectivity index (χ0) is 18.8. The second-order valence-corrected chi connectivity index (χ2v) is 6.91. The molecule has 1 aromatic heterocycles. The summed E-state index contributed by atoms with van der Waals surface area (Å²) >= 11 is 0. The van der Waals surface area contributed by atoms with Crippen LogP contribution in [0.25, 0.3) is 0 Å². The van der Waals surface area contributed by atoms with Crippen LogP contribution in [0.5, 0.6) is 0 Å². The topological polar surface area (TPSA) is 65.5 Å². The number of carbonyl (C=O) groups is 2. The highest BCUT2D eigenvalue weighted by molar-refractivity contribution is 5.96. The van der Waals surface area contributed by atoms with Gasteiger partial charge >= 0.3 is 0 Å². The monoisotopic (exact) mass is 368 g/mol. The summed E-state index contributed by atoms with van der Waals surface area (Å²) in [5, 5.41) is 2.88. The van der Waals surface area contributed by atoms with E-state index in [0.717, 1.165) is 18.5 Å². The van der Waals surface area contributed by atoms with Crippen molar-refractivity contribution in [2.75, 3.05) is 31.1 Å². The van der Waals surface area contributed by atoms with Crippen LogP contribution in [0.2, 0.25) is 0 Å². The van der Waals surface area contributed by atoms with Crippen LogP contribution in [0.1, 0.15) is 33.8 Å². The molecule has 7 heteroatoms. The summed E-state index contributed by atoms with van der Waals surface area (Å²) in [4.78, 5) is 33.0. The number of halogens is 1. The Morgan fingerprint density at radius 2 is 1.63 bits per heavy atom. The van der Waals surface area contributed by atoms with Gasteiger partial charge in [0.25, 0.3) is 11.8 Å². The van der Waals surface area contributed by atoms with E-state index >= 15 is 0 Å². The lowest BCUT2D eigenvalue weighted by Gasteiger charge is -2.36. The molecule has 0 atom stereocenters. The molecule has 0 unspecified atom stereocenters. The number of nitrogens with zero attached hydrogens (tertiary/aromatic N) is 3. The van der Waals surface area contributed by atoms with Gasteiger partial charge in [0, 0.05) is 37.9 Å². The largest absolute Gasteiger partial charge is 0.368 e. The Hall–Kier alpha value is -2.96. The normalized spacial score (nSPS) is 16.9. The average molecular weight is 368 g/mol. The van der Waals surface area contributed by atoms with Crippen LogP contribution in [0.3, 0.4) is 0 Å². The van der Waals surface area contributed by atoms with E-state index in [1.165, 1.54) is 12.1 Å². The average Bonchev–Trinajstić information content (AvgIpc) is 3.52. The van der Waals surface area contributed by atoms with E-state index in [-0.39, 0.29) is 35.1 Å². The zero-order valence-electron chi connectivity index (χ0n) is 14.9. The molecule has 2 aromatic rings. The van der Waals surface area contributed by atoms with Gasteiger partial charge in [-0.1, -0.05) is 6.07 Å². The number of carbonyl (C=O) groups excluding carboxylic acids is 2. The van der Waals surface area contributed by atoms with Gasteiger partial charge in [0.15, 0.2) is 0 Å². The van der Waals surface area contributed by atoms with E-state index in [0.29, 0.717) is 26.2 Å². The Kier molecular flexibility index (Phi) is 4.75. The Labute approximate surface area is 157 Å². The van der Waals surface area contributed by atoms with Crippen LogP contribution in [0.4, 0.5) is 10.1 Å². The molecule has 2 heterocycles. The van der Waals surface area contributed by atoms with Crippen molar-refractivity contribution >= 4 is 17.5 Å². The van der Waals surface area contributed by atoms with Crippen molar-refractivity contribution in [3.63, 3.8) is 0 Å². The van der Waals surface area contributed by atoms with Gasteiger partial charge in [-0.2, -0.15) is 0 Å². The van der Waals surface area contributed by atoms with Gasteiger partial charge < -0.3 is 15.1 Å². The number of anilines is 1. The first-order valence-electron chi connectivity index (χ1n) is 9.18. The third-order valence-corrected chi connectivity index (χ3v) is 4.87. The second-order valence-electron chi connectivity index (χ2n) is 6.91. The second kappa shape index (κ2) is 7.34. The highest BCUT2D eigenvalue weighted by atomic mass is 19.1. The van der Waals surface area contributed by atoms with E-state index in [2.05, 4.69) is 15.2 Å². The van der Waals surface area contributed by atoms with Crippen molar-refractivity contribution in [1.82, 2.24) is 15.2 Å². The number of piperazine rings is 1. The lowest BCUT2D eigenvalue weighted by atomic mass is 10.2. The molecule has 4 rings (SSSR count). The molecule has 1 saturated heterocycles. The number of rotatable bonds is 4. The summed E-state index contributed by atoms with van der Waals surface area (Å²) < 4.78 is 13.1. The molecular formula is C20H21FN4O2. The van der Waals surface area contributed by atoms with Crippen LogP contribution in [-0.2, 0) is 0 Å². The Morgan fingerprint density at radius 1 is 0.963 bits per heavy atom. The highest BCUT2D eigenvalue weighted by Crippen LogP contribution is 2.20. The smallest absolute Gasteiger partial charge is 0.272 e. The third kappa shape index (κ3) is 4.07. The molecule has 1 N–H and O–H groups in total. The van der Waals surface area contributed by atoms with E-state index in [1.807, 2.05) is 0 Å². The predicted octanol–water partition coefficient (Wildman–Crippen LogP) is 2.08. The van der Waals surface area contributed by atoms with Crippen molar-refractivity contribution in [3.05, 3.63) is 59.7 Å². The van der Waals surface area contributed by atoms with Crippen molar-refractivity contribution in [3.8, 4) is 0 Å². The van der Waals surface area contributed by atoms with Crippen LogP contribution in [0, 0.1) is 5.82 Å². The molecular weight excluding hydrogens is 347 g/mol. The highest BCUT2D eigenvalue weighted by Gasteiger charge is 2.26. The van der Waals surface area contributed by atoms with Gasteiger partial charge in [0.2, 0.25) is 0 Å². The molecule has 1 aliphatic heterocycles. The molecule has 0 spiro atoms. The van der Waals surface area contributed by atoms with Gasteiger partial charge in [-0.15, -0.1) is 0 Å². The number of aromatic nitrogens is 1. The quantitative estimate of drug-likeness (QED) is 0.897. The van der Waals surface area contributed by atoms with E-state index < -0.39 is 0 Å². The first-order chi connectivity index (χ1) is 13.1. The number of nitrogens with one attached hydrogen (secondary N) is 1. The van der Waals surface area contributed by atoms with E-state index in [4.69, 9.17) is 0 Å². The summed E-state index contributed by atoms with van der Waals surface area (Å²) in [6.45, 7) is 2.44. The molecule has 140 valence electrons. The minimum atomic E-state index is -0.260. The van der Waals surface area contributed by atoms with Crippen molar-refractivity contribution < 1.29 is 14.0 Å². The van der Waals surface area contributed by atoms with Crippen molar-refractivity contribution in [2.45, 2.75) is 18.9 Å². The summed E-state index contributed by atoms with van der Waals surface area (Å²) in [5.74, 6) is -0.660. The molecule has 2 aliphatic rings. The molecule has 27 heavy (non-hydrogen) atoms. The molecule has 2 amide bonds. The minimum absolute atomic E-state index is 0.171. The van der Waals surface area contributed by atoms with Gasteiger partial charge in [0.1, 0.15) is 17.2 Å². The molecule has 1 aliphatic carbocycles. The van der Waals surface area contributed by atoms with Crippen LogP contribution >= 0.6 is 0 Å². The molecule has 2 fully saturated rings. The summed E-state index contributed by atoms with van der Waals surface area (Å²) in [7, 11) is 0. The first-order valence-corrected chi connectivity index (χ1v) is 9.18. The first kappa shape index (κ1) is 17.5. The van der Waals surface area contributed by atoms with Gasteiger partial charge in [0.05, 0.1) is 0 Å². The number of amides is 2. The fraction of sp³-hybridized carbons (Fsp3) is 0.350. The molecule has 0 bridgehead atoms. The van der Waals surface area contributed by atoms with Crippen molar-refractivity contribution in [2.24, 2.45) is 0 Å². The number of hydrogen-bond donors (Lipinski definition) is 1. The Bertz CT molecular complexity index is 843. The standard InChI is InChI=1S/C20H21FN4O2/c21-14-4-8-16(9-5-14)24-10-12-25(13-11-24)20(27)18-3-1-2-17(23-18)19(26)22-15-6-7-15/h1-5,8-9,15H,6-7,10-13H2,(H,22,26). The Morgan fingerprint density at radius 3 is 2.30 bits per heavy atom. The predicted molar refractivity (Wildman–Crippen MR) is 99.2 cm³/mol. The minimum Gasteiger partial charge on any atom is -0.368 e. The third-order valence-electron chi connectivity index (χ3n) is 4.87. The maximum absolute atomic E-state index is 13.1. The van der Waals surface area contributed by atoms with Crippen LogP contribution < -0.4 is 10.2 Å². The Balaban J connectivity index is 1.39. The molecule has 6 nitrogen and oxygen atoms in total. The summed E-state index contributed by atoms with van der Waals surface area (Å²) in [6.07, 6.45) is 2.01. The van der Waals surface area contributed by atoms with Crippen LogP contribution in [-0.4, -0.2) is 53.9 Å². The van der Waals surface area contributed by atoms with E-state index in [1.54, 1.807) is 35.2 Å². The van der Waals surface area contributed by atoms with Crippen LogP contribution in [0.15, 0.2) is 42.5 Å². The van der Waals surface area contributed by atoms with Gasteiger partial charge in [-0.25, -0.2) is 9.37 Å². The zero-order valence-corrected chi connectivity index (χ0v) is 14.9. The summed E-state index contributed by atoms with van der Waals surface area (Å²) in [5.41, 5.74) is 1.51. The van der Waals surface area contributed by atoms with E-state index in [9.17, 15) is 14.0 Å². The fourth-order valence-electron chi connectivity index (χ4n) is 3.15. The van der Waals surface area contributed by atoms with Gasteiger partial charge in [-0.3, -0.25) is 9.59 Å². The number of hydrogen-bond acceptors (Lipinski definition) is 4. The lowest BCUT2D eigenvalue weighted by Crippen LogP contribution is -2.49. The molecule has 1 aromatic carbocycles. The maximum Gasteiger partial charge on any atom is 0.272 e. The number of benzene rings is 1.